The summed E-state index contributed by atoms with van der Waals surface area (Å²) in [5.41, 5.74) is 5.07. The molecule has 0 rings (SSSR count). The fourth-order valence-electron chi connectivity index (χ4n) is 0.365. The Labute approximate surface area is 66.5 Å². The van der Waals surface area contributed by atoms with Crippen LogP contribution in [-0.2, 0) is 9.84 Å². The third-order valence-electron chi connectivity index (χ3n) is 1.06. The molecule has 0 aliphatic carbocycles. The molecule has 0 amide bonds. The molecule has 60 valence electrons. The van der Waals surface area contributed by atoms with E-state index in [2.05, 4.69) is 12.2 Å². The average Bonchev–Trinajstić information content (AvgIpc) is 1.60. The molecule has 0 saturated heterocycles. The van der Waals surface area contributed by atoms with Crippen LogP contribution >= 0.6 is 12.2 Å². The van der Waals surface area contributed by atoms with E-state index in [1.54, 1.807) is 13.8 Å². The second-order valence-corrected chi connectivity index (χ2v) is 5.40. The number of rotatable bonds is 3. The highest BCUT2D eigenvalue weighted by atomic mass is 32.2. The van der Waals surface area contributed by atoms with Crippen LogP contribution in [0, 0.1) is 0 Å². The van der Waals surface area contributed by atoms with Crippen LogP contribution in [0.1, 0.15) is 13.8 Å². The van der Waals surface area contributed by atoms with E-state index in [1.807, 2.05) is 0 Å². The lowest BCUT2D eigenvalue weighted by molar-refractivity contribution is 0.591. The molecule has 0 fully saturated rings. The van der Waals surface area contributed by atoms with Crippen molar-refractivity contribution in [3.8, 4) is 0 Å². The van der Waals surface area contributed by atoms with Crippen LogP contribution in [0.3, 0.4) is 0 Å². The van der Waals surface area contributed by atoms with Crippen LogP contribution in [-0.4, -0.2) is 24.4 Å². The summed E-state index contributed by atoms with van der Waals surface area (Å²) in [5, 5.41) is -0.394. The van der Waals surface area contributed by atoms with Gasteiger partial charge in [-0.1, -0.05) is 12.2 Å². The lowest BCUT2D eigenvalue weighted by atomic mass is 10.6. The van der Waals surface area contributed by atoms with Gasteiger partial charge in [0.05, 0.1) is 10.2 Å². The van der Waals surface area contributed by atoms with Crippen LogP contribution in [0.25, 0.3) is 0 Å². The number of sulfone groups is 1. The quantitative estimate of drug-likeness (QED) is 0.627. The molecule has 0 radical (unpaired) electrons. The Kier molecular flexibility index (Phi) is 3.24. The zero-order chi connectivity index (χ0) is 8.36. The number of thiocarbonyl (C=S) groups is 1. The molecular formula is C5H11NO2S2. The van der Waals surface area contributed by atoms with Crippen molar-refractivity contribution in [3.63, 3.8) is 0 Å². The summed E-state index contributed by atoms with van der Waals surface area (Å²) in [6.45, 7) is 3.21. The summed E-state index contributed by atoms with van der Waals surface area (Å²) in [6.07, 6.45) is 0. The van der Waals surface area contributed by atoms with Gasteiger partial charge in [0.15, 0.2) is 9.84 Å². The zero-order valence-electron chi connectivity index (χ0n) is 5.99. The van der Waals surface area contributed by atoms with Gasteiger partial charge in [-0.25, -0.2) is 8.42 Å². The molecule has 2 N–H and O–H groups in total. The Balaban J connectivity index is 4.31. The summed E-state index contributed by atoms with van der Waals surface area (Å²) in [5.74, 6) is -0.181. The molecule has 0 heterocycles. The molecule has 0 unspecified atom stereocenters. The minimum Gasteiger partial charge on any atom is -0.392 e. The van der Waals surface area contributed by atoms with Gasteiger partial charge in [-0.3, -0.25) is 0 Å². The highest BCUT2D eigenvalue weighted by molar-refractivity contribution is 7.94. The second kappa shape index (κ2) is 3.30. The predicted octanol–water partition coefficient (Wildman–Crippen LogP) is 0.0957. The van der Waals surface area contributed by atoms with Crippen molar-refractivity contribution in [1.82, 2.24) is 0 Å². The highest BCUT2D eigenvalue weighted by Gasteiger charge is 2.16. The van der Waals surface area contributed by atoms with E-state index >= 15 is 0 Å². The Bertz CT molecular complexity index is 218. The number of hydrogen-bond donors (Lipinski definition) is 1. The van der Waals surface area contributed by atoms with Crippen molar-refractivity contribution in [1.29, 1.82) is 0 Å². The minimum absolute atomic E-state index is 0.0358. The van der Waals surface area contributed by atoms with Gasteiger partial charge < -0.3 is 5.73 Å². The van der Waals surface area contributed by atoms with E-state index in [1.165, 1.54) is 0 Å². The van der Waals surface area contributed by atoms with Gasteiger partial charge in [-0.15, -0.1) is 0 Å². The van der Waals surface area contributed by atoms with Crippen LogP contribution in [0.5, 0.6) is 0 Å². The van der Waals surface area contributed by atoms with Gasteiger partial charge in [-0.05, 0) is 13.8 Å². The molecule has 0 aromatic rings. The third-order valence-corrected chi connectivity index (χ3v) is 3.54. The molecule has 0 spiro atoms. The maximum Gasteiger partial charge on any atom is 0.159 e. The highest BCUT2D eigenvalue weighted by Crippen LogP contribution is 1.99. The molecule has 0 aromatic carbocycles. The SMILES string of the molecule is CC(C)S(=O)(=O)CC(N)=S. The minimum atomic E-state index is -3.06. The van der Waals surface area contributed by atoms with Crippen LogP contribution in [0.2, 0.25) is 0 Å². The van der Waals surface area contributed by atoms with E-state index in [0.717, 1.165) is 0 Å². The molecule has 0 aromatic heterocycles. The molecule has 0 atom stereocenters. The van der Waals surface area contributed by atoms with Crippen molar-refractivity contribution >= 4 is 27.0 Å². The lowest BCUT2D eigenvalue weighted by Gasteiger charge is -2.04. The number of hydrogen-bond acceptors (Lipinski definition) is 3. The summed E-state index contributed by atoms with van der Waals surface area (Å²) >= 11 is 4.46. The van der Waals surface area contributed by atoms with Crippen molar-refractivity contribution in [2.24, 2.45) is 5.73 Å². The van der Waals surface area contributed by atoms with Gasteiger partial charge in [0.1, 0.15) is 5.75 Å². The smallest absolute Gasteiger partial charge is 0.159 e. The first-order valence-corrected chi connectivity index (χ1v) is 4.98. The molecule has 5 heteroatoms. The van der Waals surface area contributed by atoms with E-state index in [0.29, 0.717) is 0 Å². The first-order valence-electron chi connectivity index (χ1n) is 2.86. The lowest BCUT2D eigenvalue weighted by Crippen LogP contribution is -2.26. The summed E-state index contributed by atoms with van der Waals surface area (Å²) in [7, 11) is -3.06. The normalized spacial score (nSPS) is 11.9. The van der Waals surface area contributed by atoms with Gasteiger partial charge in [0.2, 0.25) is 0 Å². The second-order valence-electron chi connectivity index (χ2n) is 2.32. The summed E-state index contributed by atoms with van der Waals surface area (Å²) in [6, 6.07) is 0. The van der Waals surface area contributed by atoms with E-state index in [4.69, 9.17) is 5.73 Å². The molecule has 0 bridgehead atoms. The Hall–Kier alpha value is -0.160. The maximum absolute atomic E-state index is 11.0. The molecule has 0 aliphatic rings. The fourth-order valence-corrected chi connectivity index (χ4v) is 1.59. The van der Waals surface area contributed by atoms with Crippen molar-refractivity contribution in [2.75, 3.05) is 5.75 Å². The Morgan fingerprint density at radius 1 is 1.60 bits per heavy atom. The van der Waals surface area contributed by atoms with E-state index in [9.17, 15) is 8.42 Å². The molecular weight excluding hydrogens is 170 g/mol. The van der Waals surface area contributed by atoms with Crippen molar-refractivity contribution < 1.29 is 8.42 Å². The maximum atomic E-state index is 11.0. The standard InChI is InChI=1S/C5H11NO2S2/c1-4(2)10(7,8)3-5(6)9/h4H,3H2,1-2H3,(H2,6,9). The molecule has 0 saturated carbocycles. The largest absolute Gasteiger partial charge is 0.392 e. The van der Waals surface area contributed by atoms with Crippen molar-refractivity contribution in [2.45, 2.75) is 19.1 Å². The van der Waals surface area contributed by atoms with Crippen LogP contribution in [0.4, 0.5) is 0 Å². The topological polar surface area (TPSA) is 60.2 Å². The molecule has 10 heavy (non-hydrogen) atoms. The van der Waals surface area contributed by atoms with Gasteiger partial charge in [-0.2, -0.15) is 0 Å². The number of nitrogens with two attached hydrogens (primary N) is 1. The zero-order valence-corrected chi connectivity index (χ0v) is 7.63. The van der Waals surface area contributed by atoms with Gasteiger partial charge in [0, 0.05) is 0 Å². The molecule has 0 aliphatic heterocycles. The van der Waals surface area contributed by atoms with E-state index in [-0.39, 0.29) is 10.7 Å². The van der Waals surface area contributed by atoms with Crippen LogP contribution in [0.15, 0.2) is 0 Å². The first kappa shape index (κ1) is 9.84. The van der Waals surface area contributed by atoms with Gasteiger partial charge in [0.25, 0.3) is 0 Å². The predicted molar refractivity (Wildman–Crippen MR) is 45.7 cm³/mol. The summed E-state index contributed by atoms with van der Waals surface area (Å²) < 4.78 is 21.9. The third kappa shape index (κ3) is 3.12. The van der Waals surface area contributed by atoms with Crippen LogP contribution < -0.4 is 5.73 Å². The average molecular weight is 181 g/mol. The monoisotopic (exact) mass is 181 g/mol. The summed E-state index contributed by atoms with van der Waals surface area (Å²) in [4.78, 5) is 0.0358. The van der Waals surface area contributed by atoms with Crippen molar-refractivity contribution in [3.05, 3.63) is 0 Å². The van der Waals surface area contributed by atoms with E-state index < -0.39 is 15.1 Å². The Morgan fingerprint density at radius 3 is 2.10 bits per heavy atom. The van der Waals surface area contributed by atoms with Gasteiger partial charge >= 0.3 is 0 Å². The fraction of sp³-hybridized carbons (Fsp3) is 0.800. The molecule has 3 nitrogen and oxygen atoms in total. The first-order chi connectivity index (χ1) is 4.36. The Morgan fingerprint density at radius 2 is 2.00 bits per heavy atom.